The molecular weight excluding hydrogens is 266 g/mol. The van der Waals surface area contributed by atoms with Crippen LogP contribution in [0.15, 0.2) is 12.1 Å². The fourth-order valence-corrected chi connectivity index (χ4v) is 2.55. The first-order valence-electron chi connectivity index (χ1n) is 6.68. The van der Waals surface area contributed by atoms with E-state index in [2.05, 4.69) is 5.32 Å². The molecule has 0 saturated heterocycles. The number of benzene rings is 1. The van der Waals surface area contributed by atoms with Crippen LogP contribution in [0.1, 0.15) is 36.0 Å². The number of nitrogen functional groups attached to an aromatic ring is 1. The highest BCUT2D eigenvalue weighted by molar-refractivity contribution is 5.95. The lowest BCUT2D eigenvalue weighted by molar-refractivity contribution is 0.0867. The predicted molar refractivity (Wildman–Crippen MR) is 71.1 cm³/mol. The van der Waals surface area contributed by atoms with Gasteiger partial charge in [0, 0.05) is 6.54 Å². The van der Waals surface area contributed by atoms with Gasteiger partial charge >= 0.3 is 0 Å². The van der Waals surface area contributed by atoms with Gasteiger partial charge in [-0.1, -0.05) is 6.42 Å². The number of amides is 1. The summed E-state index contributed by atoms with van der Waals surface area (Å²) in [6, 6.07) is 2.05. The van der Waals surface area contributed by atoms with Crippen LogP contribution >= 0.6 is 0 Å². The van der Waals surface area contributed by atoms with Crippen LogP contribution in [0, 0.1) is 17.6 Å². The van der Waals surface area contributed by atoms with Gasteiger partial charge in [0.25, 0.3) is 5.91 Å². The largest absolute Gasteiger partial charge is 0.396 e. The molecule has 1 fully saturated rings. The van der Waals surface area contributed by atoms with E-state index in [0.717, 1.165) is 31.4 Å². The van der Waals surface area contributed by atoms with Crippen LogP contribution in [-0.2, 0) is 0 Å². The minimum Gasteiger partial charge on any atom is -0.396 e. The number of hydrogen-bond acceptors (Lipinski definition) is 3. The average Bonchev–Trinajstić information content (AvgIpc) is 2.41. The number of nitrogens with one attached hydrogen (secondary N) is 1. The smallest absolute Gasteiger partial charge is 0.257 e. The summed E-state index contributed by atoms with van der Waals surface area (Å²) < 4.78 is 27.2. The van der Waals surface area contributed by atoms with Crippen molar-refractivity contribution in [3.63, 3.8) is 0 Å². The molecule has 0 heterocycles. The van der Waals surface area contributed by atoms with Crippen molar-refractivity contribution >= 4 is 11.6 Å². The van der Waals surface area contributed by atoms with E-state index in [1.54, 1.807) is 0 Å². The average molecular weight is 284 g/mol. The van der Waals surface area contributed by atoms with E-state index in [1.807, 2.05) is 0 Å². The summed E-state index contributed by atoms with van der Waals surface area (Å²) in [6.45, 7) is 0.295. The van der Waals surface area contributed by atoms with E-state index < -0.39 is 23.1 Å². The maximum absolute atomic E-state index is 13.7. The standard InChI is InChI=1S/C14H18F2N2O2/c15-10-4-5-11(17)13(16)12(10)14(20)18-7-8-2-1-3-9(19)6-8/h4-5,8-9,19H,1-3,6-7,17H2,(H,18,20). The summed E-state index contributed by atoms with van der Waals surface area (Å²) in [5.41, 5.74) is 4.42. The lowest BCUT2D eigenvalue weighted by Crippen LogP contribution is -2.34. The number of hydrogen-bond donors (Lipinski definition) is 3. The van der Waals surface area contributed by atoms with Gasteiger partial charge in [-0.2, -0.15) is 0 Å². The Hall–Kier alpha value is -1.69. The van der Waals surface area contributed by atoms with Crippen molar-refractivity contribution in [3.05, 3.63) is 29.3 Å². The Labute approximate surface area is 116 Å². The van der Waals surface area contributed by atoms with Gasteiger partial charge in [0.2, 0.25) is 0 Å². The Kier molecular flexibility index (Phi) is 4.54. The number of nitrogens with two attached hydrogens (primary N) is 1. The van der Waals surface area contributed by atoms with Crippen LogP contribution in [-0.4, -0.2) is 23.7 Å². The first-order valence-corrected chi connectivity index (χ1v) is 6.68. The molecule has 1 saturated carbocycles. The molecule has 0 aliphatic heterocycles. The van der Waals surface area contributed by atoms with Crippen LogP contribution in [0.4, 0.5) is 14.5 Å². The van der Waals surface area contributed by atoms with Crippen LogP contribution in [0.25, 0.3) is 0 Å². The fraction of sp³-hybridized carbons (Fsp3) is 0.500. The number of aliphatic hydroxyl groups is 1. The molecule has 1 aromatic carbocycles. The number of carbonyl (C=O) groups excluding carboxylic acids is 1. The molecule has 110 valence electrons. The molecular formula is C14H18F2N2O2. The van der Waals surface area contributed by atoms with Crippen molar-refractivity contribution in [2.75, 3.05) is 12.3 Å². The Morgan fingerprint density at radius 2 is 2.15 bits per heavy atom. The molecule has 6 heteroatoms. The monoisotopic (exact) mass is 284 g/mol. The summed E-state index contributed by atoms with van der Waals surface area (Å²) in [5, 5.41) is 12.0. The SMILES string of the molecule is Nc1ccc(F)c(C(=O)NCC2CCCC(O)C2)c1F. The van der Waals surface area contributed by atoms with Crippen molar-refractivity contribution < 1.29 is 18.7 Å². The minimum absolute atomic E-state index is 0.134. The Morgan fingerprint density at radius 3 is 2.85 bits per heavy atom. The maximum Gasteiger partial charge on any atom is 0.257 e. The van der Waals surface area contributed by atoms with Crippen molar-refractivity contribution in [1.29, 1.82) is 0 Å². The first kappa shape index (κ1) is 14.7. The molecule has 0 aromatic heterocycles. The van der Waals surface area contributed by atoms with Crippen LogP contribution in [0.3, 0.4) is 0 Å². The van der Waals surface area contributed by atoms with E-state index in [0.29, 0.717) is 13.0 Å². The number of rotatable bonds is 3. The van der Waals surface area contributed by atoms with E-state index in [1.165, 1.54) is 0 Å². The molecule has 4 N–H and O–H groups in total. The first-order chi connectivity index (χ1) is 9.49. The Balaban J connectivity index is 2.00. The molecule has 1 aromatic rings. The summed E-state index contributed by atoms with van der Waals surface area (Å²) in [4.78, 5) is 11.9. The topological polar surface area (TPSA) is 75.4 Å². The molecule has 1 aliphatic rings. The van der Waals surface area contributed by atoms with Crippen LogP contribution in [0.2, 0.25) is 0 Å². The highest BCUT2D eigenvalue weighted by atomic mass is 19.1. The van der Waals surface area contributed by atoms with Crippen LogP contribution in [0.5, 0.6) is 0 Å². The molecule has 20 heavy (non-hydrogen) atoms. The van der Waals surface area contributed by atoms with Crippen molar-refractivity contribution in [1.82, 2.24) is 5.32 Å². The molecule has 4 nitrogen and oxygen atoms in total. The zero-order chi connectivity index (χ0) is 14.7. The molecule has 0 bridgehead atoms. The summed E-state index contributed by atoms with van der Waals surface area (Å²) >= 11 is 0. The van der Waals surface area contributed by atoms with Gasteiger partial charge in [0.05, 0.1) is 11.8 Å². The van der Waals surface area contributed by atoms with Crippen molar-refractivity contribution in [2.24, 2.45) is 5.92 Å². The van der Waals surface area contributed by atoms with Gasteiger partial charge in [0.1, 0.15) is 11.4 Å². The van der Waals surface area contributed by atoms with Gasteiger partial charge in [-0.05, 0) is 37.3 Å². The molecule has 1 aliphatic carbocycles. The third kappa shape index (κ3) is 3.25. The second-order valence-electron chi connectivity index (χ2n) is 5.22. The second-order valence-corrected chi connectivity index (χ2v) is 5.22. The third-order valence-electron chi connectivity index (χ3n) is 3.65. The lowest BCUT2D eigenvalue weighted by atomic mass is 9.87. The van der Waals surface area contributed by atoms with E-state index in [-0.39, 0.29) is 17.7 Å². The summed E-state index contributed by atoms with van der Waals surface area (Å²) in [7, 11) is 0. The van der Waals surface area contributed by atoms with Crippen molar-refractivity contribution in [2.45, 2.75) is 31.8 Å². The third-order valence-corrected chi connectivity index (χ3v) is 3.65. The quantitative estimate of drug-likeness (QED) is 0.741. The molecule has 2 unspecified atom stereocenters. The van der Waals surface area contributed by atoms with E-state index >= 15 is 0 Å². The normalized spacial score (nSPS) is 22.6. The molecule has 1 amide bonds. The minimum atomic E-state index is -1.04. The Morgan fingerprint density at radius 1 is 1.40 bits per heavy atom. The lowest BCUT2D eigenvalue weighted by Gasteiger charge is -2.25. The number of carbonyl (C=O) groups is 1. The zero-order valence-corrected chi connectivity index (χ0v) is 11.0. The zero-order valence-electron chi connectivity index (χ0n) is 11.0. The second kappa shape index (κ2) is 6.17. The summed E-state index contributed by atoms with van der Waals surface area (Å²) in [5.74, 6) is -2.65. The molecule has 0 radical (unpaired) electrons. The van der Waals surface area contributed by atoms with E-state index in [9.17, 15) is 18.7 Å². The molecule has 2 rings (SSSR count). The van der Waals surface area contributed by atoms with Gasteiger partial charge in [0.15, 0.2) is 5.82 Å². The highest BCUT2D eigenvalue weighted by Gasteiger charge is 2.23. The number of anilines is 1. The fourth-order valence-electron chi connectivity index (χ4n) is 2.55. The maximum atomic E-state index is 13.7. The predicted octanol–water partition coefficient (Wildman–Crippen LogP) is 1.83. The van der Waals surface area contributed by atoms with Crippen LogP contribution < -0.4 is 11.1 Å². The number of halogens is 2. The Bertz CT molecular complexity index is 508. The van der Waals surface area contributed by atoms with Crippen molar-refractivity contribution in [3.8, 4) is 0 Å². The molecule has 0 spiro atoms. The molecule has 2 atom stereocenters. The number of aliphatic hydroxyl groups excluding tert-OH is 1. The van der Waals surface area contributed by atoms with Gasteiger partial charge in [-0.3, -0.25) is 4.79 Å². The van der Waals surface area contributed by atoms with Gasteiger partial charge in [-0.15, -0.1) is 0 Å². The van der Waals surface area contributed by atoms with E-state index in [4.69, 9.17) is 5.73 Å². The summed E-state index contributed by atoms with van der Waals surface area (Å²) in [6.07, 6.45) is 2.79. The van der Waals surface area contributed by atoms with Gasteiger partial charge in [-0.25, -0.2) is 8.78 Å². The van der Waals surface area contributed by atoms with Gasteiger partial charge < -0.3 is 16.2 Å². The highest BCUT2D eigenvalue weighted by Crippen LogP contribution is 2.24.